The average molecular weight is 821 g/mol. The number of rotatable bonds is 7. The van der Waals surface area contributed by atoms with E-state index < -0.39 is 40.4 Å². The molecule has 0 saturated heterocycles. The number of thiophene rings is 1. The van der Waals surface area contributed by atoms with Crippen LogP contribution >= 0.6 is 22.9 Å². The first-order valence-electron chi connectivity index (χ1n) is 18.6. The first-order valence-corrected chi connectivity index (χ1v) is 19.9. The van der Waals surface area contributed by atoms with E-state index in [2.05, 4.69) is 94.3 Å². The van der Waals surface area contributed by atoms with Crippen molar-refractivity contribution < 1.29 is 26.4 Å². The van der Waals surface area contributed by atoms with Gasteiger partial charge in [-0.25, -0.2) is 22.0 Å². The highest BCUT2D eigenvalue weighted by molar-refractivity contribution is 7.17. The van der Waals surface area contributed by atoms with Crippen molar-refractivity contribution in [3.05, 3.63) is 166 Å². The van der Waals surface area contributed by atoms with Crippen LogP contribution in [0.4, 0.5) is 56.1 Å². The molecule has 0 aliphatic rings. The van der Waals surface area contributed by atoms with Gasteiger partial charge in [-0.15, -0.1) is 11.3 Å². The van der Waals surface area contributed by atoms with Gasteiger partial charge in [0.05, 0.1) is 11.3 Å². The summed E-state index contributed by atoms with van der Waals surface area (Å²) in [4.78, 5) is 4.17. The lowest BCUT2D eigenvalue weighted by Crippen LogP contribution is -2.14. The van der Waals surface area contributed by atoms with Gasteiger partial charge in [0, 0.05) is 60.4 Å². The second-order valence-corrected chi connectivity index (χ2v) is 17.7. The highest BCUT2D eigenvalue weighted by atomic mass is 35.5. The molecule has 0 amide bonds. The molecule has 58 heavy (non-hydrogen) atoms. The van der Waals surface area contributed by atoms with Crippen LogP contribution in [0.25, 0.3) is 32.4 Å². The molecule has 2 heterocycles. The Balaban J connectivity index is 1.31. The third-order valence-corrected chi connectivity index (χ3v) is 11.4. The molecule has 0 atom stereocenters. The normalized spacial score (nSPS) is 12.1. The van der Waals surface area contributed by atoms with Crippen LogP contribution < -0.4 is 9.80 Å². The standard InChI is InChI=1S/C48H38ClF5N2OS/c1-47(2,3)28-13-17-32(18-14-28)56(37-26-58-40-19-15-29(21-36(37)40)48(4,5)6)35-23-30(49)22-34(24-35)55(31-10-8-7-9-11-31)33-16-12-27-20-39(57-38(27)25-33)41-42(50)44(52)46(54)45(53)43(41)51/h7-26H,1-6H3. The van der Waals surface area contributed by atoms with Gasteiger partial charge in [-0.3, -0.25) is 0 Å². The molecular weight excluding hydrogens is 783 g/mol. The molecule has 6 aromatic carbocycles. The summed E-state index contributed by atoms with van der Waals surface area (Å²) >= 11 is 8.72. The van der Waals surface area contributed by atoms with Crippen molar-refractivity contribution >= 4 is 78.1 Å². The average Bonchev–Trinajstić information content (AvgIpc) is 3.80. The zero-order valence-electron chi connectivity index (χ0n) is 32.5. The molecule has 0 N–H and O–H groups in total. The maximum atomic E-state index is 14.9. The molecular formula is C48H38ClF5N2OS. The summed E-state index contributed by atoms with van der Waals surface area (Å²) in [5.41, 5.74) is 6.06. The van der Waals surface area contributed by atoms with Gasteiger partial charge in [0.15, 0.2) is 23.3 Å². The van der Waals surface area contributed by atoms with Crippen LogP contribution in [-0.2, 0) is 10.8 Å². The minimum Gasteiger partial charge on any atom is -0.456 e. The molecule has 3 nitrogen and oxygen atoms in total. The number of para-hydroxylation sites is 1. The zero-order chi connectivity index (χ0) is 41.3. The van der Waals surface area contributed by atoms with Gasteiger partial charge < -0.3 is 14.2 Å². The van der Waals surface area contributed by atoms with E-state index in [9.17, 15) is 22.0 Å². The second kappa shape index (κ2) is 14.6. The van der Waals surface area contributed by atoms with Crippen molar-refractivity contribution in [3.8, 4) is 11.3 Å². The van der Waals surface area contributed by atoms with Gasteiger partial charge in [-0.05, 0) is 94.8 Å². The highest BCUT2D eigenvalue weighted by Gasteiger charge is 2.29. The Morgan fingerprint density at radius 2 is 1.10 bits per heavy atom. The molecule has 0 fully saturated rings. The van der Waals surface area contributed by atoms with Crippen molar-refractivity contribution in [3.63, 3.8) is 0 Å². The predicted octanol–water partition coefficient (Wildman–Crippen LogP) is 16.2. The minimum atomic E-state index is -2.24. The summed E-state index contributed by atoms with van der Waals surface area (Å²) in [6.45, 7) is 13.1. The van der Waals surface area contributed by atoms with Crippen LogP contribution in [0.3, 0.4) is 0 Å². The molecule has 2 aromatic heterocycles. The summed E-state index contributed by atoms with van der Waals surface area (Å²) in [6.07, 6.45) is 0. The summed E-state index contributed by atoms with van der Waals surface area (Å²) in [7, 11) is 0. The van der Waals surface area contributed by atoms with Crippen molar-refractivity contribution in [2.45, 2.75) is 52.4 Å². The van der Waals surface area contributed by atoms with Gasteiger partial charge >= 0.3 is 0 Å². The molecule has 0 unspecified atom stereocenters. The quantitative estimate of drug-likeness (QED) is 0.0907. The molecule has 0 radical (unpaired) electrons. The summed E-state index contributed by atoms with van der Waals surface area (Å²) in [5, 5.41) is 4.13. The Labute approximate surface area is 342 Å². The fraction of sp³-hybridized carbons (Fsp3) is 0.167. The van der Waals surface area contributed by atoms with Crippen LogP contribution in [0.5, 0.6) is 0 Å². The Hall–Kier alpha value is -5.64. The Morgan fingerprint density at radius 1 is 0.534 bits per heavy atom. The summed E-state index contributed by atoms with van der Waals surface area (Å²) in [5.74, 6) is -10.8. The molecule has 0 aliphatic carbocycles. The molecule has 10 heteroatoms. The number of anilines is 6. The van der Waals surface area contributed by atoms with Crippen LogP contribution in [0.15, 0.2) is 125 Å². The number of hydrogen-bond donors (Lipinski definition) is 0. The Kier molecular flexibility index (Phi) is 9.89. The summed E-state index contributed by atoms with van der Waals surface area (Å²) in [6, 6.07) is 36.9. The molecule has 0 aliphatic heterocycles. The van der Waals surface area contributed by atoms with E-state index in [1.807, 2.05) is 53.4 Å². The molecule has 8 aromatic rings. The Bertz CT molecular complexity index is 2810. The van der Waals surface area contributed by atoms with E-state index in [1.54, 1.807) is 29.5 Å². The maximum Gasteiger partial charge on any atom is 0.200 e. The van der Waals surface area contributed by atoms with Crippen molar-refractivity contribution in [1.29, 1.82) is 0 Å². The van der Waals surface area contributed by atoms with Crippen molar-refractivity contribution in [1.82, 2.24) is 0 Å². The lowest BCUT2D eigenvalue weighted by molar-refractivity contribution is 0.379. The summed E-state index contributed by atoms with van der Waals surface area (Å²) < 4.78 is 79.0. The van der Waals surface area contributed by atoms with E-state index in [0.717, 1.165) is 32.8 Å². The van der Waals surface area contributed by atoms with Crippen LogP contribution in [0.1, 0.15) is 52.7 Å². The molecule has 0 bridgehead atoms. The first-order chi connectivity index (χ1) is 27.5. The van der Waals surface area contributed by atoms with Crippen LogP contribution in [0.2, 0.25) is 5.02 Å². The molecule has 294 valence electrons. The molecule has 0 spiro atoms. The number of nitrogens with zero attached hydrogens (tertiary/aromatic N) is 2. The lowest BCUT2D eigenvalue weighted by Gasteiger charge is -2.30. The monoisotopic (exact) mass is 820 g/mol. The third kappa shape index (κ3) is 7.11. The largest absolute Gasteiger partial charge is 0.456 e. The van der Waals surface area contributed by atoms with E-state index >= 15 is 0 Å². The smallest absolute Gasteiger partial charge is 0.200 e. The molecule has 8 rings (SSSR count). The molecule has 0 saturated carbocycles. The lowest BCUT2D eigenvalue weighted by atomic mass is 9.86. The number of halogens is 6. The fourth-order valence-electron chi connectivity index (χ4n) is 7.14. The van der Waals surface area contributed by atoms with Crippen LogP contribution in [-0.4, -0.2) is 0 Å². The Morgan fingerprint density at radius 3 is 1.74 bits per heavy atom. The number of benzene rings is 6. The van der Waals surface area contributed by atoms with Gasteiger partial charge in [-0.1, -0.05) is 89.5 Å². The van der Waals surface area contributed by atoms with Crippen LogP contribution in [0, 0.1) is 29.1 Å². The van der Waals surface area contributed by atoms with E-state index in [1.165, 1.54) is 17.2 Å². The van der Waals surface area contributed by atoms with E-state index in [4.69, 9.17) is 16.0 Å². The maximum absolute atomic E-state index is 14.9. The van der Waals surface area contributed by atoms with Gasteiger partial charge in [0.1, 0.15) is 11.3 Å². The van der Waals surface area contributed by atoms with Crippen molar-refractivity contribution in [2.75, 3.05) is 9.80 Å². The minimum absolute atomic E-state index is 0.0525. The zero-order valence-corrected chi connectivity index (χ0v) is 34.1. The van der Waals surface area contributed by atoms with Crippen molar-refractivity contribution in [2.24, 2.45) is 0 Å². The fourth-order valence-corrected chi connectivity index (χ4v) is 8.27. The van der Waals surface area contributed by atoms with E-state index in [-0.39, 0.29) is 16.4 Å². The highest BCUT2D eigenvalue weighted by Crippen LogP contribution is 2.47. The first kappa shape index (κ1) is 39.2. The van der Waals surface area contributed by atoms with Gasteiger partial charge in [0.2, 0.25) is 5.82 Å². The topological polar surface area (TPSA) is 19.6 Å². The SMILES string of the molecule is CC(C)(C)c1ccc(N(c2cc(Cl)cc(N(c3ccccc3)c3ccc4cc(-c5c(F)c(F)c(F)c(F)c5F)oc4c3)c2)c2csc3ccc(C(C)(C)C)cc23)cc1. The van der Waals surface area contributed by atoms with Gasteiger partial charge in [-0.2, -0.15) is 0 Å². The van der Waals surface area contributed by atoms with Gasteiger partial charge in [0.25, 0.3) is 0 Å². The predicted molar refractivity (Wildman–Crippen MR) is 229 cm³/mol. The third-order valence-electron chi connectivity index (χ3n) is 10.3. The number of hydrogen-bond acceptors (Lipinski definition) is 4. The second-order valence-electron chi connectivity index (χ2n) is 16.3. The van der Waals surface area contributed by atoms with E-state index in [0.29, 0.717) is 21.8 Å². The number of furan rings is 1. The number of fused-ring (bicyclic) bond motifs is 2.